The SMILES string of the molecule is CN(CC(=O)NCC(O)C(F)F)C(=O)c1ccco1. The molecule has 0 fully saturated rings. The highest BCUT2D eigenvalue weighted by molar-refractivity contribution is 5.94. The summed E-state index contributed by atoms with van der Waals surface area (Å²) >= 11 is 0. The first-order valence-electron chi connectivity index (χ1n) is 5.43. The maximum Gasteiger partial charge on any atom is 0.289 e. The number of carbonyl (C=O) groups excluding carboxylic acids is 2. The van der Waals surface area contributed by atoms with Crippen LogP contribution in [-0.2, 0) is 4.79 Å². The normalized spacial score (nSPS) is 12.3. The number of aliphatic hydroxyl groups is 1. The number of nitrogens with one attached hydrogen (secondary N) is 1. The van der Waals surface area contributed by atoms with Crippen LogP contribution in [0.4, 0.5) is 8.78 Å². The largest absolute Gasteiger partial charge is 0.459 e. The molecule has 6 nitrogen and oxygen atoms in total. The van der Waals surface area contributed by atoms with Gasteiger partial charge in [-0.1, -0.05) is 0 Å². The fourth-order valence-corrected chi connectivity index (χ4v) is 1.24. The third-order valence-electron chi connectivity index (χ3n) is 2.26. The zero-order chi connectivity index (χ0) is 14.4. The number of hydrogen-bond acceptors (Lipinski definition) is 4. The molecule has 8 heteroatoms. The molecule has 0 aromatic carbocycles. The van der Waals surface area contributed by atoms with Gasteiger partial charge in [0.05, 0.1) is 12.8 Å². The van der Waals surface area contributed by atoms with Gasteiger partial charge < -0.3 is 19.7 Å². The van der Waals surface area contributed by atoms with Gasteiger partial charge in [0.2, 0.25) is 5.91 Å². The maximum atomic E-state index is 12.0. The van der Waals surface area contributed by atoms with Gasteiger partial charge in [0.1, 0.15) is 6.10 Å². The highest BCUT2D eigenvalue weighted by Gasteiger charge is 2.20. The molecule has 0 saturated carbocycles. The van der Waals surface area contributed by atoms with E-state index in [1.54, 1.807) is 0 Å². The molecule has 2 amide bonds. The Balaban J connectivity index is 2.38. The molecule has 1 unspecified atom stereocenters. The van der Waals surface area contributed by atoms with E-state index in [2.05, 4.69) is 5.32 Å². The van der Waals surface area contributed by atoms with Gasteiger partial charge in [-0.15, -0.1) is 0 Å². The van der Waals surface area contributed by atoms with E-state index in [9.17, 15) is 18.4 Å². The lowest BCUT2D eigenvalue weighted by Gasteiger charge is -2.16. The topological polar surface area (TPSA) is 82.8 Å². The Labute approximate surface area is 108 Å². The van der Waals surface area contributed by atoms with Crippen molar-refractivity contribution >= 4 is 11.8 Å². The summed E-state index contributed by atoms with van der Waals surface area (Å²) in [5.41, 5.74) is 0. The van der Waals surface area contributed by atoms with Crippen LogP contribution >= 0.6 is 0 Å². The molecule has 0 aliphatic heterocycles. The van der Waals surface area contributed by atoms with Gasteiger partial charge in [0.25, 0.3) is 12.3 Å². The standard InChI is InChI=1S/C11H14F2N2O4/c1-15(11(18)8-3-2-4-19-8)6-9(17)14-5-7(16)10(12)13/h2-4,7,10,16H,5-6H2,1H3,(H,14,17). The number of amides is 2. The molecule has 1 heterocycles. The second kappa shape index (κ2) is 6.83. The second-order valence-corrected chi connectivity index (χ2v) is 3.84. The Morgan fingerprint density at radius 3 is 2.74 bits per heavy atom. The molecule has 0 saturated heterocycles. The van der Waals surface area contributed by atoms with Crippen molar-refractivity contribution in [1.29, 1.82) is 0 Å². The fraction of sp³-hybridized carbons (Fsp3) is 0.455. The van der Waals surface area contributed by atoms with Gasteiger partial charge in [-0.05, 0) is 12.1 Å². The van der Waals surface area contributed by atoms with Gasteiger partial charge in [-0.3, -0.25) is 9.59 Å². The van der Waals surface area contributed by atoms with E-state index in [0.29, 0.717) is 0 Å². The van der Waals surface area contributed by atoms with Crippen molar-refractivity contribution in [3.8, 4) is 0 Å². The minimum absolute atomic E-state index is 0.0721. The summed E-state index contributed by atoms with van der Waals surface area (Å²) < 4.78 is 28.8. The van der Waals surface area contributed by atoms with E-state index in [1.165, 1.54) is 25.4 Å². The Morgan fingerprint density at radius 2 is 2.21 bits per heavy atom. The molecule has 1 rings (SSSR count). The van der Waals surface area contributed by atoms with Crippen LogP contribution in [0.1, 0.15) is 10.6 Å². The van der Waals surface area contributed by atoms with Crippen molar-refractivity contribution in [2.75, 3.05) is 20.1 Å². The van der Waals surface area contributed by atoms with Crippen molar-refractivity contribution < 1.29 is 27.9 Å². The van der Waals surface area contributed by atoms with E-state index in [1.807, 2.05) is 0 Å². The Morgan fingerprint density at radius 1 is 1.53 bits per heavy atom. The number of alkyl halides is 2. The van der Waals surface area contributed by atoms with Crippen LogP contribution in [0, 0.1) is 0 Å². The van der Waals surface area contributed by atoms with Crippen molar-refractivity contribution in [1.82, 2.24) is 10.2 Å². The molecule has 1 aromatic heterocycles. The van der Waals surface area contributed by atoms with Crippen molar-refractivity contribution in [3.05, 3.63) is 24.2 Å². The van der Waals surface area contributed by atoms with Gasteiger partial charge >= 0.3 is 0 Å². The van der Waals surface area contributed by atoms with E-state index in [-0.39, 0.29) is 12.3 Å². The minimum Gasteiger partial charge on any atom is -0.459 e. The predicted octanol–water partition coefficient (Wildman–Crippen LogP) is 0.0938. The van der Waals surface area contributed by atoms with Gasteiger partial charge in [-0.25, -0.2) is 8.78 Å². The summed E-state index contributed by atoms with van der Waals surface area (Å²) in [5, 5.41) is 10.9. The second-order valence-electron chi connectivity index (χ2n) is 3.84. The first-order chi connectivity index (χ1) is 8.91. The molecule has 0 radical (unpaired) electrons. The summed E-state index contributed by atoms with van der Waals surface area (Å²) in [4.78, 5) is 24.1. The molecule has 0 spiro atoms. The quantitative estimate of drug-likeness (QED) is 0.771. The number of hydrogen-bond donors (Lipinski definition) is 2. The third-order valence-corrected chi connectivity index (χ3v) is 2.26. The summed E-state index contributed by atoms with van der Waals surface area (Å²) in [6.07, 6.45) is -3.53. The maximum absolute atomic E-state index is 12.0. The molecular formula is C11H14F2N2O4. The Kier molecular flexibility index (Phi) is 5.43. The van der Waals surface area contributed by atoms with Crippen LogP contribution in [0.25, 0.3) is 0 Å². The number of rotatable bonds is 6. The van der Waals surface area contributed by atoms with Crippen LogP contribution in [-0.4, -0.2) is 54.5 Å². The van der Waals surface area contributed by atoms with Crippen molar-refractivity contribution in [2.24, 2.45) is 0 Å². The van der Waals surface area contributed by atoms with Crippen LogP contribution in [0.5, 0.6) is 0 Å². The van der Waals surface area contributed by atoms with Gasteiger partial charge in [-0.2, -0.15) is 0 Å². The molecular weight excluding hydrogens is 262 g/mol. The molecule has 0 aliphatic rings. The predicted molar refractivity (Wildman–Crippen MR) is 60.7 cm³/mol. The number of nitrogens with zero attached hydrogens (tertiary/aromatic N) is 1. The summed E-state index contributed by atoms with van der Waals surface area (Å²) in [6, 6.07) is 2.97. The molecule has 2 N–H and O–H groups in total. The Bertz CT molecular complexity index is 422. The smallest absolute Gasteiger partial charge is 0.289 e. The number of aliphatic hydroxyl groups excluding tert-OH is 1. The minimum atomic E-state index is -2.93. The lowest BCUT2D eigenvalue weighted by atomic mass is 10.3. The summed E-state index contributed by atoms with van der Waals surface area (Å²) in [6.45, 7) is -0.894. The number of carbonyl (C=O) groups is 2. The van der Waals surface area contributed by atoms with E-state index >= 15 is 0 Å². The van der Waals surface area contributed by atoms with Gasteiger partial charge in [0.15, 0.2) is 5.76 Å². The van der Waals surface area contributed by atoms with Gasteiger partial charge in [0, 0.05) is 13.6 Å². The average Bonchev–Trinajstić information content (AvgIpc) is 2.88. The number of furan rings is 1. The van der Waals surface area contributed by atoms with E-state index in [0.717, 1.165) is 4.90 Å². The zero-order valence-electron chi connectivity index (χ0n) is 10.2. The monoisotopic (exact) mass is 276 g/mol. The lowest BCUT2D eigenvalue weighted by molar-refractivity contribution is -0.122. The van der Waals surface area contributed by atoms with Crippen LogP contribution in [0.2, 0.25) is 0 Å². The van der Waals surface area contributed by atoms with Crippen LogP contribution in [0.3, 0.4) is 0 Å². The highest BCUT2D eigenvalue weighted by atomic mass is 19.3. The molecule has 106 valence electrons. The molecule has 19 heavy (non-hydrogen) atoms. The zero-order valence-corrected chi connectivity index (χ0v) is 10.2. The van der Waals surface area contributed by atoms with Crippen molar-refractivity contribution in [3.63, 3.8) is 0 Å². The number of likely N-dealkylation sites (N-methyl/N-ethyl adjacent to an activating group) is 1. The average molecular weight is 276 g/mol. The summed E-state index contributed by atoms with van der Waals surface area (Å²) in [7, 11) is 1.37. The van der Waals surface area contributed by atoms with E-state index < -0.39 is 30.9 Å². The first-order valence-corrected chi connectivity index (χ1v) is 5.43. The molecule has 0 aliphatic carbocycles. The first kappa shape index (κ1) is 15.1. The fourth-order valence-electron chi connectivity index (χ4n) is 1.24. The summed E-state index contributed by atoms with van der Waals surface area (Å²) in [5.74, 6) is -1.08. The van der Waals surface area contributed by atoms with Crippen LogP contribution < -0.4 is 5.32 Å². The third kappa shape index (κ3) is 4.66. The molecule has 1 aromatic rings. The highest BCUT2D eigenvalue weighted by Crippen LogP contribution is 2.03. The van der Waals surface area contributed by atoms with Crippen molar-refractivity contribution in [2.45, 2.75) is 12.5 Å². The lowest BCUT2D eigenvalue weighted by Crippen LogP contribution is -2.42. The van der Waals surface area contributed by atoms with E-state index in [4.69, 9.17) is 9.52 Å². The number of halogens is 2. The van der Waals surface area contributed by atoms with Crippen LogP contribution in [0.15, 0.2) is 22.8 Å². The molecule has 0 bridgehead atoms. The Hall–Kier alpha value is -1.96. The molecule has 1 atom stereocenters.